The maximum atomic E-state index is 12.5. The summed E-state index contributed by atoms with van der Waals surface area (Å²) in [5.41, 5.74) is 0. The lowest BCUT2D eigenvalue weighted by Gasteiger charge is -2.32. The summed E-state index contributed by atoms with van der Waals surface area (Å²) in [7, 11) is -3.48. The van der Waals surface area contributed by atoms with Crippen LogP contribution in [0.2, 0.25) is 0 Å². The van der Waals surface area contributed by atoms with E-state index < -0.39 is 10.0 Å². The molecule has 1 N–H and O–H groups in total. The number of ether oxygens (including phenoxy) is 1. The first-order valence-corrected chi connectivity index (χ1v) is 8.02. The van der Waals surface area contributed by atoms with Crippen LogP contribution in [0.25, 0.3) is 0 Å². The van der Waals surface area contributed by atoms with Crippen molar-refractivity contribution in [2.24, 2.45) is 0 Å². The molecule has 1 aromatic rings. The van der Waals surface area contributed by atoms with E-state index in [-0.39, 0.29) is 12.6 Å². The summed E-state index contributed by atoms with van der Waals surface area (Å²) >= 11 is 1.32. The highest BCUT2D eigenvalue weighted by atomic mass is 32.2. The topological polar surface area (TPSA) is 66.8 Å². The first-order valence-electron chi connectivity index (χ1n) is 5.76. The van der Waals surface area contributed by atoms with E-state index in [1.807, 2.05) is 6.92 Å². The molecule has 1 atom stereocenters. The van der Waals surface area contributed by atoms with E-state index in [1.165, 1.54) is 15.6 Å². The van der Waals surface area contributed by atoms with Crippen LogP contribution in [0.15, 0.2) is 11.0 Å². The van der Waals surface area contributed by atoms with Crippen molar-refractivity contribution < 1.29 is 18.3 Å². The van der Waals surface area contributed by atoms with E-state index in [9.17, 15) is 8.42 Å². The Balaban J connectivity index is 2.37. The summed E-state index contributed by atoms with van der Waals surface area (Å²) in [6, 6.07) is 1.41. The summed E-state index contributed by atoms with van der Waals surface area (Å²) < 4.78 is 31.8. The van der Waals surface area contributed by atoms with Crippen LogP contribution in [0, 0.1) is 6.92 Å². The molecule has 0 aliphatic carbocycles. The summed E-state index contributed by atoms with van der Waals surface area (Å²) in [6.45, 7) is 4.72. The Labute approximate surface area is 111 Å². The number of rotatable bonds is 3. The van der Waals surface area contributed by atoms with Gasteiger partial charge in [-0.05, 0) is 19.9 Å². The highest BCUT2D eigenvalue weighted by Gasteiger charge is 2.33. The molecule has 1 aliphatic heterocycles. The molecule has 0 amide bonds. The largest absolute Gasteiger partial charge is 0.391 e. The summed E-state index contributed by atoms with van der Waals surface area (Å²) in [6.07, 6.45) is 0. The van der Waals surface area contributed by atoms with Gasteiger partial charge in [-0.2, -0.15) is 4.31 Å². The molecule has 7 heteroatoms. The van der Waals surface area contributed by atoms with Crippen molar-refractivity contribution in [3.8, 4) is 0 Å². The molecule has 5 nitrogen and oxygen atoms in total. The first-order chi connectivity index (χ1) is 8.46. The molecule has 0 saturated carbocycles. The molecule has 1 aliphatic rings. The predicted molar refractivity (Wildman–Crippen MR) is 69.2 cm³/mol. The predicted octanol–water partition coefficient (Wildman–Crippen LogP) is 0.958. The third-order valence-corrected chi connectivity index (χ3v) is 6.28. The fourth-order valence-electron chi connectivity index (χ4n) is 2.05. The van der Waals surface area contributed by atoms with E-state index in [0.29, 0.717) is 29.5 Å². The molecule has 0 radical (unpaired) electrons. The van der Waals surface area contributed by atoms with Gasteiger partial charge >= 0.3 is 0 Å². The van der Waals surface area contributed by atoms with Crippen LogP contribution in [-0.2, 0) is 21.4 Å². The Morgan fingerprint density at radius 1 is 1.61 bits per heavy atom. The van der Waals surface area contributed by atoms with Gasteiger partial charge in [-0.25, -0.2) is 8.42 Å². The highest BCUT2D eigenvalue weighted by Crippen LogP contribution is 2.29. The quantitative estimate of drug-likeness (QED) is 0.900. The van der Waals surface area contributed by atoms with Gasteiger partial charge in [-0.15, -0.1) is 11.3 Å². The third-order valence-electron chi connectivity index (χ3n) is 2.97. The minimum Gasteiger partial charge on any atom is -0.391 e. The van der Waals surface area contributed by atoms with Gasteiger partial charge in [-0.1, -0.05) is 0 Å². The maximum Gasteiger partial charge on any atom is 0.244 e. The Morgan fingerprint density at radius 3 is 2.89 bits per heavy atom. The number of hydrogen-bond acceptors (Lipinski definition) is 5. The number of nitrogens with zero attached hydrogens (tertiary/aromatic N) is 1. The third kappa shape index (κ3) is 2.46. The smallest absolute Gasteiger partial charge is 0.244 e. The second kappa shape index (κ2) is 5.26. The number of aryl methyl sites for hydroxylation is 1. The van der Waals surface area contributed by atoms with Gasteiger partial charge in [-0.3, -0.25) is 0 Å². The van der Waals surface area contributed by atoms with Crippen LogP contribution in [0.4, 0.5) is 0 Å². The van der Waals surface area contributed by atoms with E-state index in [2.05, 4.69) is 0 Å². The van der Waals surface area contributed by atoms with Crippen molar-refractivity contribution >= 4 is 21.4 Å². The van der Waals surface area contributed by atoms with Crippen molar-refractivity contribution in [2.45, 2.75) is 31.4 Å². The molecular formula is C11H17NO4S2. The molecule has 0 bridgehead atoms. The fourth-order valence-corrected chi connectivity index (χ4v) is 5.12. The summed E-state index contributed by atoms with van der Waals surface area (Å²) in [5, 5.41) is 9.09. The van der Waals surface area contributed by atoms with Crippen molar-refractivity contribution in [2.75, 3.05) is 19.8 Å². The molecule has 0 spiro atoms. The highest BCUT2D eigenvalue weighted by molar-refractivity contribution is 7.89. The molecular weight excluding hydrogens is 274 g/mol. The number of aliphatic hydroxyl groups excluding tert-OH is 1. The monoisotopic (exact) mass is 291 g/mol. The maximum absolute atomic E-state index is 12.5. The lowest BCUT2D eigenvalue weighted by atomic mass is 10.3. The number of aliphatic hydroxyl groups is 1. The molecule has 0 aromatic carbocycles. The normalized spacial score (nSPS) is 22.3. The van der Waals surface area contributed by atoms with Crippen molar-refractivity contribution in [1.82, 2.24) is 4.31 Å². The summed E-state index contributed by atoms with van der Waals surface area (Å²) in [4.78, 5) is 1.70. The van der Waals surface area contributed by atoms with Gasteiger partial charge in [0.1, 0.15) is 0 Å². The van der Waals surface area contributed by atoms with Gasteiger partial charge in [0.25, 0.3) is 0 Å². The van der Waals surface area contributed by atoms with Gasteiger partial charge in [0.05, 0.1) is 24.7 Å². The zero-order chi connectivity index (χ0) is 13.3. The number of morpholine rings is 1. The van der Waals surface area contributed by atoms with E-state index in [1.54, 1.807) is 13.0 Å². The molecule has 1 unspecified atom stereocenters. The van der Waals surface area contributed by atoms with Crippen LogP contribution >= 0.6 is 11.3 Å². The van der Waals surface area contributed by atoms with Gasteiger partial charge in [0, 0.05) is 22.3 Å². The van der Waals surface area contributed by atoms with E-state index in [0.717, 1.165) is 4.88 Å². The second-order valence-electron chi connectivity index (χ2n) is 4.33. The Morgan fingerprint density at radius 2 is 2.33 bits per heavy atom. The number of sulfonamides is 1. The lowest BCUT2D eigenvalue weighted by Crippen LogP contribution is -2.46. The first kappa shape index (κ1) is 14.0. The van der Waals surface area contributed by atoms with Crippen molar-refractivity contribution in [3.63, 3.8) is 0 Å². The zero-order valence-electron chi connectivity index (χ0n) is 10.4. The lowest BCUT2D eigenvalue weighted by molar-refractivity contribution is 0.0392. The summed E-state index contributed by atoms with van der Waals surface area (Å²) in [5.74, 6) is 0. The van der Waals surface area contributed by atoms with Crippen LogP contribution < -0.4 is 0 Å². The van der Waals surface area contributed by atoms with Crippen LogP contribution in [0.1, 0.15) is 16.7 Å². The Kier molecular flexibility index (Phi) is 4.08. The van der Waals surface area contributed by atoms with Gasteiger partial charge < -0.3 is 9.84 Å². The molecule has 2 rings (SSSR count). The van der Waals surface area contributed by atoms with Gasteiger partial charge in [0.15, 0.2) is 0 Å². The average Bonchev–Trinajstić information content (AvgIpc) is 2.71. The molecule has 1 aromatic heterocycles. The molecule has 1 fully saturated rings. The molecule has 102 valence electrons. The minimum absolute atomic E-state index is 0.125. The van der Waals surface area contributed by atoms with Crippen molar-refractivity contribution in [1.29, 1.82) is 0 Å². The minimum atomic E-state index is -3.48. The van der Waals surface area contributed by atoms with Crippen LogP contribution in [0.3, 0.4) is 0 Å². The standard InChI is InChI=1S/C11H17NO4S2/c1-8-7-16-4-3-12(8)18(14,15)11-5-10(6-13)17-9(11)2/h5,8,13H,3-4,6-7H2,1-2H3. The van der Waals surface area contributed by atoms with Crippen molar-refractivity contribution in [3.05, 3.63) is 15.8 Å². The van der Waals surface area contributed by atoms with Crippen LogP contribution in [-0.4, -0.2) is 43.6 Å². The number of thiophene rings is 1. The average molecular weight is 291 g/mol. The van der Waals surface area contributed by atoms with E-state index >= 15 is 0 Å². The SMILES string of the molecule is Cc1sc(CO)cc1S(=O)(=O)N1CCOCC1C. The number of hydrogen-bond donors (Lipinski definition) is 1. The molecule has 2 heterocycles. The zero-order valence-corrected chi connectivity index (χ0v) is 12.1. The second-order valence-corrected chi connectivity index (χ2v) is 7.53. The Bertz CT molecular complexity index is 523. The van der Waals surface area contributed by atoms with E-state index in [4.69, 9.17) is 9.84 Å². The molecule has 18 heavy (non-hydrogen) atoms. The Hall–Kier alpha value is -0.470. The van der Waals surface area contributed by atoms with Crippen LogP contribution in [0.5, 0.6) is 0 Å². The molecule has 1 saturated heterocycles. The fraction of sp³-hybridized carbons (Fsp3) is 0.636. The van der Waals surface area contributed by atoms with Gasteiger partial charge in [0.2, 0.25) is 10.0 Å².